The van der Waals surface area contributed by atoms with Gasteiger partial charge in [0.1, 0.15) is 0 Å². The Hall–Kier alpha value is -0.0800. The fourth-order valence-electron chi connectivity index (χ4n) is 1.98. The molecule has 0 aromatic heterocycles. The van der Waals surface area contributed by atoms with E-state index >= 15 is 0 Å². The highest BCUT2D eigenvalue weighted by Crippen LogP contribution is 2.08. The second kappa shape index (κ2) is 11.4. The highest BCUT2D eigenvalue weighted by atomic mass is 15.2. The number of unbranched alkanes of at least 4 members (excludes halogenated alkanes) is 4. The first-order valence-electron chi connectivity index (χ1n) is 7.14. The molecule has 1 unspecified atom stereocenters. The highest BCUT2D eigenvalue weighted by Gasteiger charge is 2.10. The number of likely N-dealkylation sites (N-methyl/N-ethyl adjacent to an activating group) is 1. The van der Waals surface area contributed by atoms with Crippen LogP contribution in [0.4, 0.5) is 0 Å². The van der Waals surface area contributed by atoms with Crippen molar-refractivity contribution in [3.05, 3.63) is 0 Å². The summed E-state index contributed by atoms with van der Waals surface area (Å²) in [7, 11) is 2.04. The molecule has 0 aliphatic heterocycles. The van der Waals surface area contributed by atoms with Crippen LogP contribution >= 0.6 is 0 Å². The molecule has 0 fully saturated rings. The number of nitrogens with one attached hydrogen (secondary N) is 1. The van der Waals surface area contributed by atoms with E-state index in [9.17, 15) is 0 Å². The summed E-state index contributed by atoms with van der Waals surface area (Å²) in [5.41, 5.74) is 0. The zero-order chi connectivity index (χ0) is 12.2. The first kappa shape index (κ1) is 15.9. The lowest BCUT2D eigenvalue weighted by Gasteiger charge is -2.28. The van der Waals surface area contributed by atoms with Gasteiger partial charge in [-0.05, 0) is 33.4 Å². The van der Waals surface area contributed by atoms with Crippen molar-refractivity contribution >= 4 is 0 Å². The van der Waals surface area contributed by atoms with Crippen molar-refractivity contribution in [1.82, 2.24) is 10.2 Å². The van der Waals surface area contributed by atoms with Gasteiger partial charge in [-0.3, -0.25) is 4.90 Å². The topological polar surface area (TPSA) is 15.3 Å². The highest BCUT2D eigenvalue weighted by molar-refractivity contribution is 4.66. The Morgan fingerprint density at radius 1 is 1.06 bits per heavy atom. The third-order valence-corrected chi connectivity index (χ3v) is 3.41. The quantitative estimate of drug-likeness (QED) is 0.546. The summed E-state index contributed by atoms with van der Waals surface area (Å²) < 4.78 is 0. The van der Waals surface area contributed by atoms with Crippen LogP contribution in [0.5, 0.6) is 0 Å². The van der Waals surface area contributed by atoms with Crippen LogP contribution in [-0.2, 0) is 0 Å². The molecule has 0 aromatic carbocycles. The molecule has 16 heavy (non-hydrogen) atoms. The molecule has 1 atom stereocenters. The van der Waals surface area contributed by atoms with Gasteiger partial charge in [0.2, 0.25) is 0 Å². The van der Waals surface area contributed by atoms with Crippen LogP contribution in [0.15, 0.2) is 0 Å². The van der Waals surface area contributed by atoms with E-state index in [-0.39, 0.29) is 1.43 Å². The van der Waals surface area contributed by atoms with E-state index in [0.717, 1.165) is 12.6 Å². The molecule has 0 bridgehead atoms. The molecule has 0 saturated carbocycles. The second-order valence-electron chi connectivity index (χ2n) is 4.81. The molecule has 0 radical (unpaired) electrons. The Balaban J connectivity index is 0. The third kappa shape index (κ3) is 8.12. The molecule has 0 aliphatic rings. The van der Waals surface area contributed by atoms with Crippen molar-refractivity contribution < 1.29 is 1.43 Å². The van der Waals surface area contributed by atoms with Crippen LogP contribution in [0.25, 0.3) is 0 Å². The predicted molar refractivity (Wildman–Crippen MR) is 76.1 cm³/mol. The average Bonchev–Trinajstić information content (AvgIpc) is 2.31. The Labute approximate surface area is 104 Å². The normalized spacial score (nSPS) is 13.3. The summed E-state index contributed by atoms with van der Waals surface area (Å²) >= 11 is 0. The van der Waals surface area contributed by atoms with Gasteiger partial charge in [0.15, 0.2) is 0 Å². The Morgan fingerprint density at radius 2 is 1.75 bits per heavy atom. The maximum absolute atomic E-state index is 3.25. The van der Waals surface area contributed by atoms with Crippen molar-refractivity contribution in [2.75, 3.05) is 26.7 Å². The van der Waals surface area contributed by atoms with Gasteiger partial charge >= 0.3 is 0 Å². The fraction of sp³-hybridized carbons (Fsp3) is 1.00. The Kier molecular flexibility index (Phi) is 11.3. The van der Waals surface area contributed by atoms with Gasteiger partial charge < -0.3 is 5.32 Å². The van der Waals surface area contributed by atoms with Crippen LogP contribution in [-0.4, -0.2) is 37.6 Å². The molecule has 2 nitrogen and oxygen atoms in total. The van der Waals surface area contributed by atoms with Crippen LogP contribution in [0.1, 0.15) is 60.7 Å². The molecule has 0 spiro atoms. The molecule has 0 saturated heterocycles. The summed E-state index contributed by atoms with van der Waals surface area (Å²) in [4.78, 5) is 2.63. The van der Waals surface area contributed by atoms with Crippen LogP contribution in [0.3, 0.4) is 0 Å². The van der Waals surface area contributed by atoms with Crippen molar-refractivity contribution in [1.29, 1.82) is 0 Å². The molecule has 0 amide bonds. The average molecular weight is 230 g/mol. The maximum atomic E-state index is 3.25. The minimum absolute atomic E-state index is 0. The van der Waals surface area contributed by atoms with E-state index in [1.54, 1.807) is 0 Å². The zero-order valence-electron chi connectivity index (χ0n) is 11.9. The van der Waals surface area contributed by atoms with Gasteiger partial charge in [-0.1, -0.05) is 39.5 Å². The number of hydrogen-bond donors (Lipinski definition) is 1. The lowest BCUT2D eigenvalue weighted by molar-refractivity contribution is 0.201. The first-order chi connectivity index (χ1) is 7.76. The van der Waals surface area contributed by atoms with Crippen molar-refractivity contribution in [2.45, 2.75) is 65.3 Å². The number of rotatable bonds is 11. The summed E-state index contributed by atoms with van der Waals surface area (Å²) in [5, 5.41) is 3.25. The van der Waals surface area contributed by atoms with Gasteiger partial charge in [0.05, 0.1) is 0 Å². The van der Waals surface area contributed by atoms with Crippen LogP contribution in [0.2, 0.25) is 0 Å². The summed E-state index contributed by atoms with van der Waals surface area (Å²) in [5.74, 6) is 0. The lowest BCUT2D eigenvalue weighted by atomic mass is 10.1. The minimum Gasteiger partial charge on any atom is -0.318 e. The van der Waals surface area contributed by atoms with Gasteiger partial charge in [0, 0.05) is 20.6 Å². The SMILES string of the molecule is CCCCCCCN(CCNC)C(C)CC.[HH]. The summed E-state index contributed by atoms with van der Waals surface area (Å²) in [6.07, 6.45) is 8.19. The van der Waals surface area contributed by atoms with Gasteiger partial charge in [-0.15, -0.1) is 0 Å². The Morgan fingerprint density at radius 3 is 2.31 bits per heavy atom. The predicted octanol–water partition coefficient (Wildman–Crippen LogP) is 3.52. The van der Waals surface area contributed by atoms with Crippen molar-refractivity contribution in [2.24, 2.45) is 0 Å². The van der Waals surface area contributed by atoms with Gasteiger partial charge in [-0.2, -0.15) is 0 Å². The molecular formula is C14H34N2. The largest absolute Gasteiger partial charge is 0.318 e. The third-order valence-electron chi connectivity index (χ3n) is 3.41. The maximum Gasteiger partial charge on any atom is 0.0110 e. The minimum atomic E-state index is 0. The fourth-order valence-corrected chi connectivity index (χ4v) is 1.98. The number of nitrogens with zero attached hydrogens (tertiary/aromatic N) is 1. The van der Waals surface area contributed by atoms with Gasteiger partial charge in [-0.25, -0.2) is 0 Å². The zero-order valence-corrected chi connectivity index (χ0v) is 11.9. The summed E-state index contributed by atoms with van der Waals surface area (Å²) in [6.45, 7) is 10.5. The van der Waals surface area contributed by atoms with E-state index in [4.69, 9.17) is 0 Å². The van der Waals surface area contributed by atoms with Gasteiger partial charge in [0.25, 0.3) is 0 Å². The van der Waals surface area contributed by atoms with Crippen LogP contribution < -0.4 is 5.32 Å². The second-order valence-corrected chi connectivity index (χ2v) is 4.81. The molecule has 1 N–H and O–H groups in total. The smallest absolute Gasteiger partial charge is 0.0110 e. The number of hydrogen-bond acceptors (Lipinski definition) is 2. The van der Waals surface area contributed by atoms with Crippen molar-refractivity contribution in [3.63, 3.8) is 0 Å². The molecule has 2 heteroatoms. The standard InChI is InChI=1S/C14H32N2.H2/c1-5-7-8-9-10-12-16(13-11-15-4)14(3)6-2;/h14-15H,5-13H2,1-4H3;1H. The Bertz CT molecular complexity index is 142. The summed E-state index contributed by atoms with van der Waals surface area (Å²) in [6, 6.07) is 0.736. The lowest BCUT2D eigenvalue weighted by Crippen LogP contribution is -2.38. The molecule has 0 aliphatic carbocycles. The van der Waals surface area contributed by atoms with E-state index in [2.05, 4.69) is 31.0 Å². The molecule has 0 aromatic rings. The monoisotopic (exact) mass is 230 g/mol. The molecule has 0 rings (SSSR count). The molecular weight excluding hydrogens is 196 g/mol. The van der Waals surface area contributed by atoms with E-state index in [0.29, 0.717) is 0 Å². The van der Waals surface area contributed by atoms with Crippen molar-refractivity contribution in [3.8, 4) is 0 Å². The van der Waals surface area contributed by atoms with E-state index < -0.39 is 0 Å². The molecule has 0 heterocycles. The van der Waals surface area contributed by atoms with E-state index in [1.165, 1.54) is 51.6 Å². The first-order valence-corrected chi connectivity index (χ1v) is 7.14. The molecule has 100 valence electrons. The van der Waals surface area contributed by atoms with E-state index in [1.807, 2.05) is 7.05 Å². The van der Waals surface area contributed by atoms with Crippen LogP contribution in [0, 0.1) is 0 Å².